The van der Waals surface area contributed by atoms with Gasteiger partial charge in [-0.05, 0) is 62.9 Å². The largest absolute Gasteiger partial charge is 0.490 e. The van der Waals surface area contributed by atoms with Gasteiger partial charge in [0.05, 0.1) is 0 Å². The van der Waals surface area contributed by atoms with Crippen LogP contribution in [-0.2, 0) is 11.2 Å². The predicted molar refractivity (Wildman–Crippen MR) is 94.8 cm³/mol. The summed E-state index contributed by atoms with van der Waals surface area (Å²) in [5.74, 6) is 1.19. The Hall–Kier alpha value is -1.35. The average molecular weight is 307 g/mol. The fourth-order valence-electron chi connectivity index (χ4n) is 2.67. The molecule has 1 aromatic carbocycles. The molecule has 2 rings (SSSR count). The molecular weight excluding hydrogens is 274 g/mol. The van der Waals surface area contributed by atoms with E-state index in [1.54, 1.807) is 6.92 Å². The van der Waals surface area contributed by atoms with Gasteiger partial charge in [-0.2, -0.15) is 0 Å². The van der Waals surface area contributed by atoms with Crippen LogP contribution in [0.1, 0.15) is 59.5 Å². The lowest BCUT2D eigenvalue weighted by molar-refractivity contribution is -0.116. The van der Waals surface area contributed by atoms with Crippen LogP contribution in [0.15, 0.2) is 18.2 Å². The molecular formula is C19H33NO2. The first-order valence-corrected chi connectivity index (χ1v) is 8.57. The van der Waals surface area contributed by atoms with E-state index in [-0.39, 0.29) is 7.21 Å². The molecule has 22 heavy (non-hydrogen) atoms. The smallest absolute Gasteiger partial charge is 0.130 e. The molecule has 0 atom stereocenters. The highest BCUT2D eigenvalue weighted by Crippen LogP contribution is 2.27. The quantitative estimate of drug-likeness (QED) is 0.816. The third-order valence-corrected chi connectivity index (χ3v) is 3.77. The number of ketones is 1. The van der Waals surface area contributed by atoms with E-state index in [0.29, 0.717) is 18.6 Å². The van der Waals surface area contributed by atoms with E-state index in [1.807, 2.05) is 13.8 Å². The van der Waals surface area contributed by atoms with E-state index in [1.165, 1.54) is 11.1 Å². The predicted octanol–water partition coefficient (Wildman–Crippen LogP) is 4.31. The number of benzene rings is 1. The molecule has 0 radical (unpaired) electrons. The Morgan fingerprint density at radius 1 is 1.32 bits per heavy atom. The maximum absolute atomic E-state index is 11.1. The van der Waals surface area contributed by atoms with E-state index < -0.39 is 0 Å². The van der Waals surface area contributed by atoms with E-state index >= 15 is 0 Å². The summed E-state index contributed by atoms with van der Waals surface area (Å²) in [7, 11) is 0. The lowest BCUT2D eigenvalue weighted by atomic mass is 9.89. The van der Waals surface area contributed by atoms with Gasteiger partial charge in [0.15, 0.2) is 0 Å². The standard InChI is InChI=1S/C17H25NO2.C2H6.H2/c1-4-18-15-10-17(11-15)20-16-8-12(2)7-14(9-16)6-5-13(3)19;1-2;/h7-9,15,17-18H,4-6,10-11H2,1-3H3;1-2H3;1H. The van der Waals surface area contributed by atoms with Gasteiger partial charge in [0.2, 0.25) is 0 Å². The van der Waals surface area contributed by atoms with Crippen LogP contribution >= 0.6 is 0 Å². The molecule has 126 valence electrons. The van der Waals surface area contributed by atoms with E-state index in [0.717, 1.165) is 31.6 Å². The summed E-state index contributed by atoms with van der Waals surface area (Å²) in [5.41, 5.74) is 2.39. The van der Waals surface area contributed by atoms with E-state index in [9.17, 15) is 4.79 Å². The molecule has 0 spiro atoms. The van der Waals surface area contributed by atoms with Gasteiger partial charge in [0, 0.05) is 13.9 Å². The average Bonchev–Trinajstić information content (AvgIpc) is 2.44. The summed E-state index contributed by atoms with van der Waals surface area (Å²) in [4.78, 5) is 11.1. The Morgan fingerprint density at radius 2 is 2.00 bits per heavy atom. The molecule has 1 N–H and O–H groups in total. The summed E-state index contributed by atoms with van der Waals surface area (Å²) < 4.78 is 6.03. The number of ether oxygens (including phenoxy) is 1. The number of Topliss-reactive ketones (excluding diaryl/α,β-unsaturated/α-hetero) is 1. The summed E-state index contributed by atoms with van der Waals surface area (Å²) in [6.45, 7) is 10.9. The van der Waals surface area contributed by atoms with Crippen molar-refractivity contribution in [2.24, 2.45) is 0 Å². The number of nitrogens with one attached hydrogen (secondary N) is 1. The second kappa shape index (κ2) is 9.62. The molecule has 0 heterocycles. The Bertz CT molecular complexity index is 470. The van der Waals surface area contributed by atoms with Crippen molar-refractivity contribution < 1.29 is 11.0 Å². The molecule has 0 unspecified atom stereocenters. The van der Waals surface area contributed by atoms with Crippen LogP contribution in [0.3, 0.4) is 0 Å². The molecule has 0 bridgehead atoms. The molecule has 3 nitrogen and oxygen atoms in total. The summed E-state index contributed by atoms with van der Waals surface area (Å²) in [6, 6.07) is 6.92. The first-order valence-electron chi connectivity index (χ1n) is 8.57. The van der Waals surface area contributed by atoms with E-state index in [2.05, 4.69) is 37.4 Å². The van der Waals surface area contributed by atoms with Gasteiger partial charge in [-0.3, -0.25) is 0 Å². The molecule has 0 amide bonds. The van der Waals surface area contributed by atoms with Crippen LogP contribution in [0.25, 0.3) is 0 Å². The maximum atomic E-state index is 11.1. The van der Waals surface area contributed by atoms with Crippen LogP contribution in [-0.4, -0.2) is 24.5 Å². The number of carbonyl (C=O) groups is 1. The topological polar surface area (TPSA) is 38.3 Å². The second-order valence-electron chi connectivity index (χ2n) is 5.82. The van der Waals surface area contributed by atoms with Crippen molar-refractivity contribution in [1.29, 1.82) is 0 Å². The molecule has 1 aliphatic carbocycles. The molecule has 0 aliphatic heterocycles. The lowest BCUT2D eigenvalue weighted by Gasteiger charge is -2.36. The molecule has 0 saturated heterocycles. The summed E-state index contributed by atoms with van der Waals surface area (Å²) in [5, 5.41) is 3.44. The normalized spacial score (nSPS) is 19.7. The number of hydrogen-bond acceptors (Lipinski definition) is 3. The lowest BCUT2D eigenvalue weighted by Crippen LogP contribution is -2.46. The van der Waals surface area contributed by atoms with Gasteiger partial charge in [-0.1, -0.05) is 26.8 Å². The first-order chi connectivity index (χ1) is 10.6. The zero-order valence-electron chi connectivity index (χ0n) is 14.7. The van der Waals surface area contributed by atoms with Crippen molar-refractivity contribution in [1.82, 2.24) is 5.32 Å². The highest BCUT2D eigenvalue weighted by molar-refractivity contribution is 5.75. The van der Waals surface area contributed by atoms with Gasteiger partial charge in [-0.25, -0.2) is 0 Å². The first kappa shape index (κ1) is 18.7. The van der Waals surface area contributed by atoms with Crippen molar-refractivity contribution in [3.8, 4) is 5.75 Å². The zero-order valence-corrected chi connectivity index (χ0v) is 14.7. The Morgan fingerprint density at radius 3 is 2.59 bits per heavy atom. The van der Waals surface area contributed by atoms with Crippen molar-refractivity contribution in [2.75, 3.05) is 6.54 Å². The Labute approximate surface area is 136 Å². The van der Waals surface area contributed by atoms with Crippen LogP contribution in [0, 0.1) is 6.92 Å². The van der Waals surface area contributed by atoms with Crippen molar-refractivity contribution >= 4 is 5.78 Å². The second-order valence-corrected chi connectivity index (χ2v) is 5.82. The van der Waals surface area contributed by atoms with Crippen LogP contribution in [0.2, 0.25) is 0 Å². The number of hydrogen-bond donors (Lipinski definition) is 1. The molecule has 1 aliphatic rings. The molecule has 1 aromatic rings. The number of carbonyl (C=O) groups excluding carboxylic acids is 1. The fourth-order valence-corrected chi connectivity index (χ4v) is 2.67. The number of rotatable bonds is 7. The molecule has 3 heteroatoms. The third-order valence-electron chi connectivity index (χ3n) is 3.77. The monoisotopic (exact) mass is 307 g/mol. The Balaban J connectivity index is 0.00000155. The minimum Gasteiger partial charge on any atom is -0.490 e. The van der Waals surface area contributed by atoms with Crippen molar-refractivity contribution in [3.63, 3.8) is 0 Å². The maximum Gasteiger partial charge on any atom is 0.130 e. The van der Waals surface area contributed by atoms with Crippen LogP contribution in [0.5, 0.6) is 5.75 Å². The molecule has 0 aromatic heterocycles. The van der Waals surface area contributed by atoms with Gasteiger partial charge in [0.1, 0.15) is 17.6 Å². The zero-order chi connectivity index (χ0) is 16.5. The molecule has 1 saturated carbocycles. The van der Waals surface area contributed by atoms with Gasteiger partial charge >= 0.3 is 0 Å². The summed E-state index contributed by atoms with van der Waals surface area (Å²) >= 11 is 0. The highest BCUT2D eigenvalue weighted by atomic mass is 16.5. The van der Waals surface area contributed by atoms with Crippen LogP contribution < -0.4 is 10.1 Å². The van der Waals surface area contributed by atoms with Gasteiger partial charge in [0.25, 0.3) is 0 Å². The van der Waals surface area contributed by atoms with E-state index in [4.69, 9.17) is 4.74 Å². The van der Waals surface area contributed by atoms with Crippen LogP contribution in [0.4, 0.5) is 0 Å². The summed E-state index contributed by atoms with van der Waals surface area (Å²) in [6.07, 6.45) is 3.92. The third kappa shape index (κ3) is 6.18. The minimum absolute atomic E-state index is 0. The van der Waals surface area contributed by atoms with Crippen molar-refractivity contribution in [2.45, 2.75) is 72.4 Å². The SMILES string of the molecule is CC.CCNC1CC(Oc2cc(C)cc(CCC(C)=O)c2)C1.[HH]. The highest BCUT2D eigenvalue weighted by Gasteiger charge is 2.29. The fraction of sp³-hybridized carbons (Fsp3) is 0.632. The Kier molecular flexibility index (Phi) is 8.18. The van der Waals surface area contributed by atoms with Gasteiger partial charge < -0.3 is 14.8 Å². The molecule has 1 fully saturated rings. The minimum atomic E-state index is 0. The van der Waals surface area contributed by atoms with Crippen molar-refractivity contribution in [3.05, 3.63) is 29.3 Å². The van der Waals surface area contributed by atoms with Gasteiger partial charge in [-0.15, -0.1) is 0 Å². The number of aryl methyl sites for hydroxylation is 2.